The predicted molar refractivity (Wildman–Crippen MR) is 68.2 cm³/mol. The Morgan fingerprint density at radius 2 is 2.06 bits per heavy atom. The number of rotatable bonds is 4. The molecule has 0 saturated heterocycles. The van der Waals surface area contributed by atoms with Crippen molar-refractivity contribution in [2.75, 3.05) is 0 Å². The van der Waals surface area contributed by atoms with Gasteiger partial charge in [0.05, 0.1) is 12.0 Å². The third-order valence-electron chi connectivity index (χ3n) is 3.12. The molecule has 0 radical (unpaired) electrons. The number of hydrogen-bond acceptors (Lipinski definition) is 2. The Balaban J connectivity index is 1.72. The molecule has 1 aliphatic carbocycles. The lowest BCUT2D eigenvalue weighted by Crippen LogP contribution is -2.15. The fourth-order valence-corrected chi connectivity index (χ4v) is 1.85. The quantitative estimate of drug-likeness (QED) is 0.869. The lowest BCUT2D eigenvalue weighted by molar-refractivity contribution is 0.677. The Kier molecular flexibility index (Phi) is 2.69. The van der Waals surface area contributed by atoms with Crippen molar-refractivity contribution in [2.45, 2.75) is 32.4 Å². The molecule has 1 fully saturated rings. The summed E-state index contributed by atoms with van der Waals surface area (Å²) in [5.41, 5.74) is 3.56. The minimum Gasteiger partial charge on any atom is -0.308 e. The molecular weight excluding hydrogens is 210 g/mol. The molecule has 88 valence electrons. The normalized spacial score (nSPS) is 15.1. The van der Waals surface area contributed by atoms with Crippen LogP contribution in [0.2, 0.25) is 0 Å². The van der Waals surface area contributed by atoms with Gasteiger partial charge in [-0.25, -0.2) is 4.98 Å². The molecule has 1 aromatic heterocycles. The molecule has 0 bridgehead atoms. The van der Waals surface area contributed by atoms with Gasteiger partial charge in [0.15, 0.2) is 0 Å². The number of hydrogen-bond donors (Lipinski definition) is 1. The van der Waals surface area contributed by atoms with E-state index in [1.54, 1.807) is 0 Å². The summed E-state index contributed by atoms with van der Waals surface area (Å²) in [4.78, 5) is 4.42. The van der Waals surface area contributed by atoms with Crippen molar-refractivity contribution in [1.82, 2.24) is 14.9 Å². The van der Waals surface area contributed by atoms with E-state index in [2.05, 4.69) is 52.3 Å². The van der Waals surface area contributed by atoms with Crippen LogP contribution in [0.4, 0.5) is 0 Å². The molecule has 0 spiro atoms. The Hall–Kier alpha value is -1.61. The van der Waals surface area contributed by atoms with Gasteiger partial charge in [0, 0.05) is 24.5 Å². The van der Waals surface area contributed by atoms with Gasteiger partial charge in [-0.05, 0) is 31.9 Å². The number of benzene rings is 1. The molecule has 1 aromatic carbocycles. The maximum Gasteiger partial charge on any atom is 0.0995 e. The van der Waals surface area contributed by atoms with Crippen LogP contribution in [0.3, 0.4) is 0 Å². The average Bonchev–Trinajstić information content (AvgIpc) is 3.06. The van der Waals surface area contributed by atoms with E-state index >= 15 is 0 Å². The Morgan fingerprint density at radius 3 is 2.76 bits per heavy atom. The second-order valence-electron chi connectivity index (χ2n) is 4.76. The molecule has 1 aliphatic rings. The first kappa shape index (κ1) is 10.5. The zero-order chi connectivity index (χ0) is 11.7. The smallest absolute Gasteiger partial charge is 0.0995 e. The minimum absolute atomic E-state index is 0.736. The molecule has 0 amide bonds. The zero-order valence-corrected chi connectivity index (χ0v) is 10.1. The van der Waals surface area contributed by atoms with Gasteiger partial charge in [-0.3, -0.25) is 0 Å². The van der Waals surface area contributed by atoms with E-state index in [4.69, 9.17) is 0 Å². The maximum atomic E-state index is 4.42. The Labute approximate surface area is 101 Å². The van der Waals surface area contributed by atoms with E-state index < -0.39 is 0 Å². The first-order valence-corrected chi connectivity index (χ1v) is 6.14. The molecular formula is C14H17N3. The van der Waals surface area contributed by atoms with Gasteiger partial charge in [-0.15, -0.1) is 0 Å². The fourth-order valence-electron chi connectivity index (χ4n) is 1.85. The molecule has 2 aromatic rings. The van der Waals surface area contributed by atoms with Gasteiger partial charge >= 0.3 is 0 Å². The summed E-state index contributed by atoms with van der Waals surface area (Å²) in [5, 5.41) is 3.47. The summed E-state index contributed by atoms with van der Waals surface area (Å²) in [7, 11) is 0. The van der Waals surface area contributed by atoms with Crippen LogP contribution in [0.15, 0.2) is 36.8 Å². The number of nitrogens with one attached hydrogen (secondary N) is 1. The third-order valence-corrected chi connectivity index (χ3v) is 3.12. The molecule has 3 rings (SSSR count). The standard InChI is InChI=1S/C14H17N3/c1-11-2-6-14(7-3-11)17-9-13(16-10-17)8-15-12-4-5-12/h2-3,6-7,9-10,12,15H,4-5,8H2,1H3. The van der Waals surface area contributed by atoms with Crippen LogP contribution < -0.4 is 5.32 Å². The minimum atomic E-state index is 0.736. The molecule has 0 atom stereocenters. The summed E-state index contributed by atoms with van der Waals surface area (Å²) in [6, 6.07) is 9.22. The Morgan fingerprint density at radius 1 is 1.29 bits per heavy atom. The summed E-state index contributed by atoms with van der Waals surface area (Å²) >= 11 is 0. The molecule has 0 unspecified atom stereocenters. The number of imidazole rings is 1. The van der Waals surface area contributed by atoms with Crippen LogP contribution in [-0.2, 0) is 6.54 Å². The maximum absolute atomic E-state index is 4.42. The van der Waals surface area contributed by atoms with Crippen LogP contribution in [0, 0.1) is 6.92 Å². The van der Waals surface area contributed by atoms with Gasteiger partial charge in [0.25, 0.3) is 0 Å². The van der Waals surface area contributed by atoms with Crippen LogP contribution in [0.5, 0.6) is 0 Å². The van der Waals surface area contributed by atoms with Crippen molar-refractivity contribution < 1.29 is 0 Å². The summed E-state index contributed by atoms with van der Waals surface area (Å²) in [6.45, 7) is 2.98. The van der Waals surface area contributed by atoms with Crippen molar-refractivity contribution in [3.8, 4) is 5.69 Å². The van der Waals surface area contributed by atoms with Crippen molar-refractivity contribution >= 4 is 0 Å². The van der Waals surface area contributed by atoms with Crippen molar-refractivity contribution in [1.29, 1.82) is 0 Å². The lowest BCUT2D eigenvalue weighted by atomic mass is 10.2. The first-order chi connectivity index (χ1) is 8.31. The van der Waals surface area contributed by atoms with Crippen molar-refractivity contribution in [2.24, 2.45) is 0 Å². The van der Waals surface area contributed by atoms with Crippen LogP contribution in [-0.4, -0.2) is 15.6 Å². The summed E-state index contributed by atoms with van der Waals surface area (Å²) in [6.07, 6.45) is 6.62. The topological polar surface area (TPSA) is 29.9 Å². The van der Waals surface area contributed by atoms with E-state index in [0.717, 1.165) is 18.3 Å². The van der Waals surface area contributed by atoms with Gasteiger partial charge in [-0.1, -0.05) is 17.7 Å². The van der Waals surface area contributed by atoms with Gasteiger partial charge in [0.1, 0.15) is 0 Å². The first-order valence-electron chi connectivity index (χ1n) is 6.14. The van der Waals surface area contributed by atoms with Crippen LogP contribution in [0.1, 0.15) is 24.1 Å². The zero-order valence-electron chi connectivity index (χ0n) is 10.1. The van der Waals surface area contributed by atoms with E-state index in [0.29, 0.717) is 0 Å². The van der Waals surface area contributed by atoms with Gasteiger partial charge < -0.3 is 9.88 Å². The molecule has 1 N–H and O–H groups in total. The van der Waals surface area contributed by atoms with Crippen molar-refractivity contribution in [3.05, 3.63) is 48.0 Å². The molecule has 3 heteroatoms. The average molecular weight is 227 g/mol. The van der Waals surface area contributed by atoms with E-state index in [1.807, 2.05) is 6.33 Å². The fraction of sp³-hybridized carbons (Fsp3) is 0.357. The van der Waals surface area contributed by atoms with Crippen LogP contribution in [0.25, 0.3) is 5.69 Å². The summed E-state index contributed by atoms with van der Waals surface area (Å²) in [5.74, 6) is 0. The number of aryl methyl sites for hydroxylation is 1. The molecule has 17 heavy (non-hydrogen) atoms. The third kappa shape index (κ3) is 2.56. The summed E-state index contributed by atoms with van der Waals surface area (Å²) < 4.78 is 2.07. The van der Waals surface area contributed by atoms with E-state index in [-0.39, 0.29) is 0 Å². The highest BCUT2D eigenvalue weighted by molar-refractivity contribution is 5.34. The van der Waals surface area contributed by atoms with Gasteiger partial charge in [0.2, 0.25) is 0 Å². The predicted octanol–water partition coefficient (Wildman–Crippen LogP) is 2.43. The molecule has 1 saturated carbocycles. The molecule has 3 nitrogen and oxygen atoms in total. The molecule has 0 aliphatic heterocycles. The second kappa shape index (κ2) is 4.34. The Bertz CT molecular complexity index is 494. The number of nitrogens with zero attached hydrogens (tertiary/aromatic N) is 2. The number of aromatic nitrogens is 2. The second-order valence-corrected chi connectivity index (χ2v) is 4.76. The van der Waals surface area contributed by atoms with Crippen LogP contribution >= 0.6 is 0 Å². The largest absolute Gasteiger partial charge is 0.308 e. The SMILES string of the molecule is Cc1ccc(-n2cnc(CNC3CC3)c2)cc1. The monoisotopic (exact) mass is 227 g/mol. The van der Waals surface area contributed by atoms with Gasteiger partial charge in [-0.2, -0.15) is 0 Å². The molecule has 1 heterocycles. The lowest BCUT2D eigenvalue weighted by Gasteiger charge is -2.02. The van der Waals surface area contributed by atoms with E-state index in [9.17, 15) is 0 Å². The van der Waals surface area contributed by atoms with Crippen molar-refractivity contribution in [3.63, 3.8) is 0 Å². The van der Waals surface area contributed by atoms with E-state index in [1.165, 1.54) is 24.1 Å². The highest BCUT2D eigenvalue weighted by Crippen LogP contribution is 2.19. The highest BCUT2D eigenvalue weighted by Gasteiger charge is 2.20. The highest BCUT2D eigenvalue weighted by atomic mass is 15.1.